The van der Waals surface area contributed by atoms with Crippen LogP contribution < -0.4 is 10.5 Å². The van der Waals surface area contributed by atoms with Crippen molar-refractivity contribution in [3.63, 3.8) is 0 Å². The van der Waals surface area contributed by atoms with E-state index in [1.54, 1.807) is 30.3 Å². The molecular formula is C24H23F2NOS. The summed E-state index contributed by atoms with van der Waals surface area (Å²) in [6.07, 6.45) is 0.362. The molecule has 0 saturated heterocycles. The first-order valence-electron chi connectivity index (χ1n) is 9.37. The standard InChI is InChI=1S/C24H23F2NOS/c25-24(26)23(29-22-15-11-20(27)12-16-22)8-4-7-18-9-13-21(14-10-18)28-17-19-5-2-1-3-6-19/h1-3,5-6,8-16,24H,4,7,17,27H2/b23-8-. The lowest BCUT2D eigenvalue weighted by Gasteiger charge is -2.08. The summed E-state index contributed by atoms with van der Waals surface area (Å²) in [5.41, 5.74) is 8.45. The van der Waals surface area contributed by atoms with Gasteiger partial charge in [-0.05, 0) is 60.4 Å². The Labute approximate surface area is 174 Å². The average molecular weight is 412 g/mol. The number of aryl methyl sites for hydroxylation is 1. The molecule has 0 aliphatic rings. The highest BCUT2D eigenvalue weighted by molar-refractivity contribution is 8.03. The van der Waals surface area contributed by atoms with Crippen LogP contribution in [0.3, 0.4) is 0 Å². The van der Waals surface area contributed by atoms with Gasteiger partial charge in [-0.2, -0.15) is 0 Å². The Balaban J connectivity index is 1.51. The molecule has 0 aliphatic carbocycles. The van der Waals surface area contributed by atoms with E-state index in [1.807, 2.05) is 54.6 Å². The molecule has 0 fully saturated rings. The molecule has 2 nitrogen and oxygen atoms in total. The fourth-order valence-electron chi connectivity index (χ4n) is 2.72. The zero-order chi connectivity index (χ0) is 20.5. The van der Waals surface area contributed by atoms with Crippen LogP contribution in [-0.2, 0) is 13.0 Å². The van der Waals surface area contributed by atoms with Gasteiger partial charge in [0.25, 0.3) is 6.43 Å². The van der Waals surface area contributed by atoms with Crippen molar-refractivity contribution in [3.8, 4) is 5.75 Å². The zero-order valence-electron chi connectivity index (χ0n) is 15.9. The third kappa shape index (κ3) is 6.95. The molecule has 0 bridgehead atoms. The van der Waals surface area contributed by atoms with Gasteiger partial charge in [-0.15, -0.1) is 0 Å². The Morgan fingerprint density at radius 1 is 0.897 bits per heavy atom. The second-order valence-electron chi connectivity index (χ2n) is 6.54. The van der Waals surface area contributed by atoms with E-state index in [4.69, 9.17) is 10.5 Å². The number of rotatable bonds is 9. The summed E-state index contributed by atoms with van der Waals surface area (Å²) in [5.74, 6) is 0.792. The molecule has 29 heavy (non-hydrogen) atoms. The van der Waals surface area contributed by atoms with E-state index in [0.29, 0.717) is 25.1 Å². The maximum absolute atomic E-state index is 13.3. The Bertz CT molecular complexity index is 910. The number of ether oxygens (including phenoxy) is 1. The van der Waals surface area contributed by atoms with Crippen LogP contribution in [0, 0.1) is 0 Å². The van der Waals surface area contributed by atoms with E-state index >= 15 is 0 Å². The number of nitrogens with two attached hydrogens (primary N) is 1. The van der Waals surface area contributed by atoms with Crippen LogP contribution >= 0.6 is 11.8 Å². The number of alkyl halides is 2. The van der Waals surface area contributed by atoms with Crippen LogP contribution in [0.5, 0.6) is 5.75 Å². The molecule has 2 N–H and O–H groups in total. The minimum Gasteiger partial charge on any atom is -0.489 e. The van der Waals surface area contributed by atoms with Gasteiger partial charge in [-0.1, -0.05) is 60.3 Å². The first-order chi connectivity index (χ1) is 14.1. The lowest BCUT2D eigenvalue weighted by Crippen LogP contribution is -1.95. The molecule has 0 atom stereocenters. The van der Waals surface area contributed by atoms with E-state index in [1.165, 1.54) is 0 Å². The van der Waals surface area contributed by atoms with Crippen molar-refractivity contribution in [2.24, 2.45) is 0 Å². The second kappa shape index (κ2) is 10.7. The normalized spacial score (nSPS) is 11.6. The van der Waals surface area contributed by atoms with E-state index in [0.717, 1.165) is 33.5 Å². The first kappa shape index (κ1) is 20.9. The SMILES string of the molecule is Nc1ccc(S/C(=C\CCc2ccc(OCc3ccccc3)cc2)C(F)F)cc1. The quantitative estimate of drug-likeness (QED) is 0.313. The molecular weight excluding hydrogens is 388 g/mol. The van der Waals surface area contributed by atoms with Gasteiger partial charge in [0.2, 0.25) is 0 Å². The summed E-state index contributed by atoms with van der Waals surface area (Å²) >= 11 is 1.08. The highest BCUT2D eigenvalue weighted by Crippen LogP contribution is 2.32. The third-order valence-corrected chi connectivity index (χ3v) is 5.37. The summed E-state index contributed by atoms with van der Waals surface area (Å²) in [7, 11) is 0. The van der Waals surface area contributed by atoms with Crippen LogP contribution in [0.15, 0.2) is 94.7 Å². The molecule has 5 heteroatoms. The number of hydrogen-bond donors (Lipinski definition) is 1. The van der Waals surface area contributed by atoms with Gasteiger partial charge in [0.15, 0.2) is 0 Å². The third-order valence-electron chi connectivity index (χ3n) is 4.28. The number of thioether (sulfide) groups is 1. The molecule has 150 valence electrons. The van der Waals surface area contributed by atoms with E-state index in [2.05, 4.69) is 0 Å². The number of hydrogen-bond acceptors (Lipinski definition) is 3. The lowest BCUT2D eigenvalue weighted by atomic mass is 10.1. The van der Waals surface area contributed by atoms with Crippen molar-refractivity contribution in [3.05, 3.63) is 101 Å². The highest BCUT2D eigenvalue weighted by Gasteiger charge is 2.12. The summed E-state index contributed by atoms with van der Waals surface area (Å²) in [4.78, 5) is 0.822. The lowest BCUT2D eigenvalue weighted by molar-refractivity contribution is 0.199. The molecule has 0 heterocycles. The topological polar surface area (TPSA) is 35.2 Å². The maximum Gasteiger partial charge on any atom is 0.269 e. The number of benzene rings is 3. The predicted molar refractivity (Wildman–Crippen MR) is 116 cm³/mol. The summed E-state index contributed by atoms with van der Waals surface area (Å²) in [6.45, 7) is 0.517. The number of allylic oxidation sites excluding steroid dienone is 2. The van der Waals surface area contributed by atoms with Crippen molar-refractivity contribution in [1.82, 2.24) is 0 Å². The maximum atomic E-state index is 13.3. The monoisotopic (exact) mass is 411 g/mol. The van der Waals surface area contributed by atoms with Gasteiger partial charge >= 0.3 is 0 Å². The Morgan fingerprint density at radius 3 is 2.24 bits per heavy atom. The molecule has 0 radical (unpaired) electrons. The van der Waals surface area contributed by atoms with Gasteiger partial charge in [-0.3, -0.25) is 0 Å². The predicted octanol–water partition coefficient (Wildman–Crippen LogP) is 6.72. The minimum atomic E-state index is -2.49. The van der Waals surface area contributed by atoms with Crippen LogP contribution in [0.2, 0.25) is 0 Å². The minimum absolute atomic E-state index is 0.0672. The van der Waals surface area contributed by atoms with Gasteiger partial charge in [0.05, 0.1) is 4.91 Å². The largest absolute Gasteiger partial charge is 0.489 e. The van der Waals surface area contributed by atoms with E-state index in [9.17, 15) is 8.78 Å². The summed E-state index contributed by atoms with van der Waals surface area (Å²) in [6, 6.07) is 24.7. The van der Waals surface area contributed by atoms with E-state index < -0.39 is 6.43 Å². The Morgan fingerprint density at radius 2 is 1.59 bits per heavy atom. The fraction of sp³-hybridized carbons (Fsp3) is 0.167. The van der Waals surface area contributed by atoms with Crippen molar-refractivity contribution < 1.29 is 13.5 Å². The van der Waals surface area contributed by atoms with Gasteiger partial charge < -0.3 is 10.5 Å². The molecule has 3 aromatic rings. The molecule has 0 unspecified atom stereocenters. The van der Waals surface area contributed by atoms with Gasteiger partial charge in [0, 0.05) is 10.6 Å². The first-order valence-corrected chi connectivity index (χ1v) is 10.2. The summed E-state index contributed by atoms with van der Waals surface area (Å²) < 4.78 is 32.4. The van der Waals surface area contributed by atoms with Crippen LogP contribution in [0.4, 0.5) is 14.5 Å². The van der Waals surface area contributed by atoms with Crippen LogP contribution in [0.1, 0.15) is 17.5 Å². The van der Waals surface area contributed by atoms with Crippen LogP contribution in [0.25, 0.3) is 0 Å². The Hall–Kier alpha value is -2.79. The molecule has 0 aliphatic heterocycles. The molecule has 0 spiro atoms. The highest BCUT2D eigenvalue weighted by atomic mass is 32.2. The zero-order valence-corrected chi connectivity index (χ0v) is 16.7. The van der Waals surface area contributed by atoms with Crippen molar-refractivity contribution >= 4 is 17.4 Å². The number of nitrogen functional groups attached to an aromatic ring is 1. The molecule has 0 aromatic heterocycles. The van der Waals surface area contributed by atoms with Crippen molar-refractivity contribution in [1.29, 1.82) is 0 Å². The molecule has 0 amide bonds. The smallest absolute Gasteiger partial charge is 0.269 e. The second-order valence-corrected chi connectivity index (χ2v) is 7.68. The Kier molecular flexibility index (Phi) is 7.70. The molecule has 3 aromatic carbocycles. The van der Waals surface area contributed by atoms with Crippen molar-refractivity contribution in [2.75, 3.05) is 5.73 Å². The molecule has 3 rings (SSSR count). The van der Waals surface area contributed by atoms with Crippen molar-refractivity contribution in [2.45, 2.75) is 30.8 Å². The molecule has 0 saturated carbocycles. The van der Waals surface area contributed by atoms with E-state index in [-0.39, 0.29) is 4.91 Å². The summed E-state index contributed by atoms with van der Waals surface area (Å²) in [5, 5.41) is 0. The number of halogens is 2. The average Bonchev–Trinajstić information content (AvgIpc) is 2.74. The van der Waals surface area contributed by atoms with Gasteiger partial charge in [-0.25, -0.2) is 8.78 Å². The fourth-order valence-corrected chi connectivity index (χ4v) is 3.56. The number of anilines is 1. The van der Waals surface area contributed by atoms with Crippen LogP contribution in [-0.4, -0.2) is 6.43 Å². The van der Waals surface area contributed by atoms with Gasteiger partial charge in [0.1, 0.15) is 12.4 Å².